The van der Waals surface area contributed by atoms with Gasteiger partial charge in [-0.1, -0.05) is 54.6 Å². The normalized spacial score (nSPS) is 19.9. The molecule has 0 fully saturated rings. The van der Waals surface area contributed by atoms with E-state index in [1.165, 1.54) is 5.39 Å². The van der Waals surface area contributed by atoms with Crippen molar-refractivity contribution < 1.29 is 10.2 Å². The molecule has 1 heterocycles. The van der Waals surface area contributed by atoms with Gasteiger partial charge in [-0.15, -0.1) is 0 Å². The van der Waals surface area contributed by atoms with Crippen LogP contribution in [0.15, 0.2) is 60.7 Å². The lowest BCUT2D eigenvalue weighted by atomic mass is 9.89. The Morgan fingerprint density at radius 1 is 0.833 bits per heavy atom. The third kappa shape index (κ3) is 1.83. The zero-order valence-electron chi connectivity index (χ0n) is 12.8. The van der Waals surface area contributed by atoms with Crippen LogP contribution in [0.4, 0.5) is 0 Å². The Bertz CT molecular complexity index is 1150. The summed E-state index contributed by atoms with van der Waals surface area (Å²) in [5, 5.41) is 24.4. The van der Waals surface area contributed by atoms with Crippen LogP contribution in [-0.4, -0.2) is 21.3 Å². The van der Waals surface area contributed by atoms with E-state index in [1.54, 1.807) is 6.08 Å². The average molecular weight is 313 g/mol. The molecule has 116 valence electrons. The molecule has 0 spiro atoms. The molecule has 2 atom stereocenters. The Hall–Kier alpha value is -2.75. The van der Waals surface area contributed by atoms with E-state index in [9.17, 15) is 10.2 Å². The third-order valence-electron chi connectivity index (χ3n) is 4.86. The van der Waals surface area contributed by atoms with Gasteiger partial charge >= 0.3 is 0 Å². The minimum atomic E-state index is -0.887. The number of fused-ring (bicyclic) bond motifs is 6. The van der Waals surface area contributed by atoms with Gasteiger partial charge in [0.15, 0.2) is 0 Å². The lowest BCUT2D eigenvalue weighted by Crippen LogP contribution is -2.19. The maximum absolute atomic E-state index is 10.2. The van der Waals surface area contributed by atoms with Crippen molar-refractivity contribution in [2.24, 2.45) is 0 Å². The van der Waals surface area contributed by atoms with Crippen LogP contribution in [-0.2, 0) is 0 Å². The predicted molar refractivity (Wildman–Crippen MR) is 96.8 cm³/mol. The Balaban J connectivity index is 1.89. The Morgan fingerprint density at radius 3 is 2.58 bits per heavy atom. The van der Waals surface area contributed by atoms with Crippen LogP contribution >= 0.6 is 0 Å². The molecular formula is C21H15NO2. The van der Waals surface area contributed by atoms with E-state index in [-0.39, 0.29) is 0 Å². The number of benzene rings is 3. The van der Waals surface area contributed by atoms with E-state index in [4.69, 9.17) is 4.98 Å². The second-order valence-corrected chi connectivity index (χ2v) is 6.28. The first-order valence-electron chi connectivity index (χ1n) is 8.02. The van der Waals surface area contributed by atoms with Gasteiger partial charge in [0.25, 0.3) is 0 Å². The van der Waals surface area contributed by atoms with E-state index < -0.39 is 12.2 Å². The fourth-order valence-corrected chi connectivity index (χ4v) is 3.61. The van der Waals surface area contributed by atoms with E-state index >= 15 is 0 Å². The summed E-state index contributed by atoms with van der Waals surface area (Å²) in [4.78, 5) is 4.88. The standard InChI is InChI=1S/C21H15NO2/c23-19-10-8-15-16(21(19)24)7-9-18-17(15)11-13-6-5-12-3-1-2-4-14(12)20(13)22-18/h1-11,19,21,23-24H/t19-,21-/m0/s1. The van der Waals surface area contributed by atoms with Crippen molar-refractivity contribution in [2.45, 2.75) is 12.2 Å². The number of aromatic nitrogens is 1. The number of rotatable bonds is 0. The maximum Gasteiger partial charge on any atom is 0.109 e. The molecule has 3 heteroatoms. The summed E-state index contributed by atoms with van der Waals surface area (Å²) in [6.07, 6.45) is 1.77. The second kappa shape index (κ2) is 4.87. The number of hydrogen-bond donors (Lipinski definition) is 2. The van der Waals surface area contributed by atoms with Gasteiger partial charge in [0.05, 0.1) is 11.0 Å². The van der Waals surface area contributed by atoms with Gasteiger partial charge < -0.3 is 10.2 Å². The summed E-state index contributed by atoms with van der Waals surface area (Å²) >= 11 is 0. The predicted octanol–water partition coefficient (Wildman–Crippen LogP) is 3.96. The first-order chi connectivity index (χ1) is 11.7. The first kappa shape index (κ1) is 13.7. The minimum Gasteiger partial charge on any atom is -0.386 e. The molecule has 24 heavy (non-hydrogen) atoms. The van der Waals surface area contributed by atoms with Crippen molar-refractivity contribution in [2.75, 3.05) is 0 Å². The van der Waals surface area contributed by atoms with Crippen molar-refractivity contribution in [3.63, 3.8) is 0 Å². The highest BCUT2D eigenvalue weighted by molar-refractivity contribution is 6.09. The maximum atomic E-state index is 10.2. The molecule has 0 bridgehead atoms. The highest BCUT2D eigenvalue weighted by Crippen LogP contribution is 2.35. The van der Waals surface area contributed by atoms with Crippen LogP contribution in [0.5, 0.6) is 0 Å². The summed E-state index contributed by atoms with van der Waals surface area (Å²) < 4.78 is 0. The van der Waals surface area contributed by atoms with Crippen molar-refractivity contribution in [1.29, 1.82) is 0 Å². The SMILES string of the molecule is O[C@H]1C=Cc2c(ccc3nc4c(ccc5ccccc54)cc23)[C@@H]1O. The van der Waals surface area contributed by atoms with Gasteiger partial charge in [-0.05, 0) is 28.6 Å². The second-order valence-electron chi connectivity index (χ2n) is 6.28. The van der Waals surface area contributed by atoms with Crippen LogP contribution in [0.3, 0.4) is 0 Å². The van der Waals surface area contributed by atoms with E-state index in [0.29, 0.717) is 0 Å². The van der Waals surface area contributed by atoms with Gasteiger partial charge in [0.1, 0.15) is 12.2 Å². The smallest absolute Gasteiger partial charge is 0.109 e. The highest BCUT2D eigenvalue weighted by atomic mass is 16.3. The van der Waals surface area contributed by atoms with Crippen molar-refractivity contribution in [3.8, 4) is 0 Å². The molecule has 2 N–H and O–H groups in total. The summed E-state index contributed by atoms with van der Waals surface area (Å²) in [6.45, 7) is 0. The minimum absolute atomic E-state index is 0.749. The zero-order valence-corrected chi connectivity index (χ0v) is 12.8. The molecule has 1 aliphatic rings. The van der Waals surface area contributed by atoms with E-state index in [0.717, 1.165) is 38.3 Å². The summed E-state index contributed by atoms with van der Waals surface area (Å²) in [7, 11) is 0. The van der Waals surface area contributed by atoms with Crippen LogP contribution in [0.2, 0.25) is 0 Å². The molecule has 4 aromatic rings. The van der Waals surface area contributed by atoms with Crippen molar-refractivity contribution in [1.82, 2.24) is 4.98 Å². The molecule has 0 aliphatic heterocycles. The van der Waals surface area contributed by atoms with Gasteiger partial charge in [-0.3, -0.25) is 0 Å². The monoisotopic (exact) mass is 313 g/mol. The molecule has 1 aromatic heterocycles. The summed E-state index contributed by atoms with van der Waals surface area (Å²) in [6, 6.07) is 18.3. The number of aliphatic hydroxyl groups is 2. The Kier molecular flexibility index (Phi) is 2.77. The fourth-order valence-electron chi connectivity index (χ4n) is 3.61. The van der Waals surface area contributed by atoms with Crippen LogP contribution in [0, 0.1) is 0 Å². The molecule has 0 saturated carbocycles. The number of pyridine rings is 1. The van der Waals surface area contributed by atoms with Crippen LogP contribution in [0.1, 0.15) is 17.2 Å². The number of aliphatic hydroxyl groups excluding tert-OH is 2. The quantitative estimate of drug-likeness (QED) is 0.381. The van der Waals surface area contributed by atoms with Gasteiger partial charge in [-0.2, -0.15) is 0 Å². The summed E-state index contributed by atoms with van der Waals surface area (Å²) in [5.41, 5.74) is 3.57. The number of hydrogen-bond acceptors (Lipinski definition) is 3. The largest absolute Gasteiger partial charge is 0.386 e. The number of nitrogens with zero attached hydrogens (tertiary/aromatic N) is 1. The Labute approximate surface area is 138 Å². The van der Waals surface area contributed by atoms with Crippen LogP contribution < -0.4 is 0 Å². The van der Waals surface area contributed by atoms with E-state index in [1.807, 2.05) is 30.3 Å². The molecule has 3 nitrogen and oxygen atoms in total. The molecule has 0 saturated heterocycles. The molecule has 1 aliphatic carbocycles. The third-order valence-corrected chi connectivity index (χ3v) is 4.86. The molecule has 3 aromatic carbocycles. The Morgan fingerprint density at radius 2 is 1.67 bits per heavy atom. The van der Waals surface area contributed by atoms with Crippen molar-refractivity contribution >= 4 is 38.7 Å². The van der Waals surface area contributed by atoms with Crippen LogP contribution in [0.25, 0.3) is 38.7 Å². The lowest BCUT2D eigenvalue weighted by Gasteiger charge is -2.23. The van der Waals surface area contributed by atoms with Gasteiger partial charge in [0.2, 0.25) is 0 Å². The van der Waals surface area contributed by atoms with Crippen molar-refractivity contribution in [3.05, 3.63) is 71.8 Å². The highest BCUT2D eigenvalue weighted by Gasteiger charge is 2.23. The average Bonchev–Trinajstić information content (AvgIpc) is 2.63. The first-order valence-corrected chi connectivity index (χ1v) is 8.02. The molecule has 0 unspecified atom stereocenters. The topological polar surface area (TPSA) is 53.4 Å². The molecule has 0 amide bonds. The molecule has 5 rings (SSSR count). The molecule has 0 radical (unpaired) electrons. The van der Waals surface area contributed by atoms with Gasteiger partial charge in [0, 0.05) is 16.2 Å². The molecular weight excluding hydrogens is 298 g/mol. The lowest BCUT2D eigenvalue weighted by molar-refractivity contribution is 0.0471. The fraction of sp³-hybridized carbons (Fsp3) is 0.0952. The summed E-state index contributed by atoms with van der Waals surface area (Å²) in [5.74, 6) is 0. The zero-order chi connectivity index (χ0) is 16.3. The van der Waals surface area contributed by atoms with E-state index in [2.05, 4.69) is 30.3 Å². The van der Waals surface area contributed by atoms with Gasteiger partial charge in [-0.25, -0.2) is 4.98 Å².